The second-order valence-electron chi connectivity index (χ2n) is 7.96. The van der Waals surface area contributed by atoms with E-state index < -0.39 is 0 Å². The van der Waals surface area contributed by atoms with Crippen molar-refractivity contribution in [3.63, 3.8) is 0 Å². The molecule has 3 aromatic heterocycles. The second-order valence-corrected chi connectivity index (χ2v) is 7.96. The van der Waals surface area contributed by atoms with Gasteiger partial charge in [0, 0.05) is 26.9 Å². The average molecular weight is 432 g/mol. The maximum atomic E-state index is 13.3. The SMILES string of the molecule is COCCn1c(C2CCCN2c2nc3cnccc3c(=O)n2C)nc2ccccc2c1=O. The molecule has 1 aromatic carbocycles. The van der Waals surface area contributed by atoms with Crippen LogP contribution in [0.25, 0.3) is 21.8 Å². The van der Waals surface area contributed by atoms with Crippen molar-refractivity contribution in [2.75, 3.05) is 25.2 Å². The average Bonchev–Trinajstić information content (AvgIpc) is 3.30. The summed E-state index contributed by atoms with van der Waals surface area (Å²) < 4.78 is 8.53. The molecule has 0 saturated carbocycles. The van der Waals surface area contributed by atoms with E-state index in [0.717, 1.165) is 12.8 Å². The van der Waals surface area contributed by atoms with Crippen LogP contribution in [0.5, 0.6) is 0 Å². The number of para-hydroxylation sites is 1. The van der Waals surface area contributed by atoms with E-state index in [1.165, 1.54) is 0 Å². The van der Waals surface area contributed by atoms with Gasteiger partial charge in [-0.15, -0.1) is 0 Å². The van der Waals surface area contributed by atoms with Crippen LogP contribution in [-0.2, 0) is 18.3 Å². The summed E-state index contributed by atoms with van der Waals surface area (Å²) in [6.07, 6.45) is 4.91. The number of fused-ring (bicyclic) bond motifs is 2. The van der Waals surface area contributed by atoms with Crippen LogP contribution in [-0.4, -0.2) is 44.3 Å². The third kappa shape index (κ3) is 3.25. The second kappa shape index (κ2) is 8.16. The highest BCUT2D eigenvalue weighted by molar-refractivity contribution is 5.78. The van der Waals surface area contributed by atoms with Crippen molar-refractivity contribution in [2.24, 2.45) is 7.05 Å². The van der Waals surface area contributed by atoms with Crippen molar-refractivity contribution in [2.45, 2.75) is 25.4 Å². The minimum atomic E-state index is -0.184. The molecular formula is C23H24N6O3. The molecule has 0 bridgehead atoms. The molecule has 0 aliphatic carbocycles. The minimum absolute atomic E-state index is 0.0842. The smallest absolute Gasteiger partial charge is 0.262 e. The molecule has 9 heteroatoms. The fraction of sp³-hybridized carbons (Fsp3) is 0.348. The molecule has 1 fully saturated rings. The number of aromatic nitrogens is 5. The molecule has 32 heavy (non-hydrogen) atoms. The zero-order valence-electron chi connectivity index (χ0n) is 18.1. The van der Waals surface area contributed by atoms with Gasteiger partial charge in [0.2, 0.25) is 5.95 Å². The van der Waals surface area contributed by atoms with Gasteiger partial charge in [-0.3, -0.25) is 23.7 Å². The molecule has 9 nitrogen and oxygen atoms in total. The molecule has 0 radical (unpaired) electrons. The van der Waals surface area contributed by atoms with Gasteiger partial charge in [0.05, 0.1) is 47.2 Å². The fourth-order valence-corrected chi connectivity index (χ4v) is 4.48. The maximum absolute atomic E-state index is 13.3. The number of methoxy groups -OCH3 is 1. The van der Waals surface area contributed by atoms with Gasteiger partial charge in [-0.05, 0) is 31.0 Å². The van der Waals surface area contributed by atoms with Crippen LogP contribution in [0.4, 0.5) is 5.95 Å². The predicted molar refractivity (Wildman–Crippen MR) is 122 cm³/mol. The van der Waals surface area contributed by atoms with Crippen LogP contribution in [0, 0.1) is 0 Å². The van der Waals surface area contributed by atoms with Crippen LogP contribution < -0.4 is 16.0 Å². The standard InChI is InChI=1S/C23H24N6O3/c1-27-21(30)16-9-10-24-14-18(16)26-23(27)28-11-5-8-19(28)20-25-17-7-4-3-6-15(17)22(31)29(20)12-13-32-2/h3-4,6-7,9-10,14,19H,5,8,11-13H2,1-2H3. The Labute approximate surface area is 183 Å². The predicted octanol–water partition coefficient (Wildman–Crippen LogP) is 2.03. The maximum Gasteiger partial charge on any atom is 0.262 e. The number of pyridine rings is 1. The number of benzene rings is 1. The van der Waals surface area contributed by atoms with Crippen LogP contribution >= 0.6 is 0 Å². The van der Waals surface area contributed by atoms with Crippen LogP contribution in [0.2, 0.25) is 0 Å². The molecule has 4 aromatic rings. The Bertz CT molecular complexity index is 1430. The number of nitrogens with zero attached hydrogens (tertiary/aromatic N) is 6. The minimum Gasteiger partial charge on any atom is -0.383 e. The highest BCUT2D eigenvalue weighted by atomic mass is 16.5. The van der Waals surface area contributed by atoms with Crippen molar-refractivity contribution in [1.82, 2.24) is 24.1 Å². The lowest BCUT2D eigenvalue weighted by molar-refractivity contribution is 0.184. The molecular weight excluding hydrogens is 408 g/mol. The van der Waals surface area contributed by atoms with Gasteiger partial charge in [0.15, 0.2) is 0 Å². The monoisotopic (exact) mass is 432 g/mol. The summed E-state index contributed by atoms with van der Waals surface area (Å²) in [5, 5.41) is 1.11. The third-order valence-electron chi connectivity index (χ3n) is 6.07. The first-order valence-corrected chi connectivity index (χ1v) is 10.7. The molecule has 0 N–H and O–H groups in total. The summed E-state index contributed by atoms with van der Waals surface area (Å²) >= 11 is 0. The third-order valence-corrected chi connectivity index (χ3v) is 6.07. The van der Waals surface area contributed by atoms with Gasteiger partial charge < -0.3 is 9.64 Å². The molecule has 5 rings (SSSR count). The Kier molecular flexibility index (Phi) is 5.18. The molecule has 1 unspecified atom stereocenters. The van der Waals surface area contributed by atoms with Gasteiger partial charge in [-0.1, -0.05) is 12.1 Å². The molecule has 1 atom stereocenters. The Balaban J connectivity index is 1.69. The van der Waals surface area contributed by atoms with E-state index in [0.29, 0.717) is 53.3 Å². The highest BCUT2D eigenvalue weighted by Crippen LogP contribution is 2.34. The summed E-state index contributed by atoms with van der Waals surface area (Å²) in [7, 11) is 3.34. The van der Waals surface area contributed by atoms with Gasteiger partial charge in [-0.2, -0.15) is 0 Å². The van der Waals surface area contributed by atoms with Gasteiger partial charge in [-0.25, -0.2) is 9.97 Å². The normalized spacial score (nSPS) is 16.3. The lowest BCUT2D eigenvalue weighted by atomic mass is 10.1. The van der Waals surface area contributed by atoms with Crippen molar-refractivity contribution in [1.29, 1.82) is 0 Å². The summed E-state index contributed by atoms with van der Waals surface area (Å²) in [6.45, 7) is 1.52. The first-order chi connectivity index (χ1) is 15.6. The molecule has 0 amide bonds. The summed E-state index contributed by atoms with van der Waals surface area (Å²) in [5.41, 5.74) is 1.01. The largest absolute Gasteiger partial charge is 0.383 e. The molecule has 4 heterocycles. The Morgan fingerprint density at radius 2 is 1.88 bits per heavy atom. The van der Waals surface area contributed by atoms with Crippen LogP contribution in [0.1, 0.15) is 24.7 Å². The van der Waals surface area contributed by atoms with Gasteiger partial charge in [0.1, 0.15) is 5.82 Å². The summed E-state index contributed by atoms with van der Waals surface area (Å²) in [6, 6.07) is 8.88. The van der Waals surface area contributed by atoms with Crippen molar-refractivity contribution >= 4 is 27.8 Å². The van der Waals surface area contributed by atoms with E-state index in [1.807, 2.05) is 18.2 Å². The van der Waals surface area contributed by atoms with Crippen molar-refractivity contribution in [3.05, 3.63) is 69.3 Å². The number of hydrogen-bond acceptors (Lipinski definition) is 7. The zero-order chi connectivity index (χ0) is 22.2. The Morgan fingerprint density at radius 3 is 2.72 bits per heavy atom. The van der Waals surface area contributed by atoms with Crippen molar-refractivity contribution < 1.29 is 4.74 Å². The lowest BCUT2D eigenvalue weighted by Gasteiger charge is -2.28. The number of anilines is 1. The van der Waals surface area contributed by atoms with Crippen LogP contribution in [0.3, 0.4) is 0 Å². The first kappa shape index (κ1) is 20.3. The van der Waals surface area contributed by atoms with E-state index in [2.05, 4.69) is 9.88 Å². The van der Waals surface area contributed by atoms with Crippen LogP contribution in [0.15, 0.2) is 52.3 Å². The van der Waals surface area contributed by atoms with E-state index >= 15 is 0 Å². The van der Waals surface area contributed by atoms with E-state index in [1.54, 1.807) is 47.8 Å². The zero-order valence-corrected chi connectivity index (χ0v) is 18.1. The number of ether oxygens (including phenoxy) is 1. The van der Waals surface area contributed by atoms with Gasteiger partial charge >= 0.3 is 0 Å². The Morgan fingerprint density at radius 1 is 1.06 bits per heavy atom. The molecule has 0 spiro atoms. The van der Waals surface area contributed by atoms with Gasteiger partial charge in [0.25, 0.3) is 11.1 Å². The summed E-state index contributed by atoms with van der Waals surface area (Å²) in [5.74, 6) is 1.22. The first-order valence-electron chi connectivity index (χ1n) is 10.7. The van der Waals surface area contributed by atoms with E-state index in [-0.39, 0.29) is 17.2 Å². The fourth-order valence-electron chi connectivity index (χ4n) is 4.48. The summed E-state index contributed by atoms with van der Waals surface area (Å²) in [4.78, 5) is 42.1. The number of rotatable bonds is 5. The number of hydrogen-bond donors (Lipinski definition) is 0. The highest BCUT2D eigenvalue weighted by Gasteiger charge is 2.33. The molecule has 1 aliphatic heterocycles. The van der Waals surface area contributed by atoms with Crippen molar-refractivity contribution in [3.8, 4) is 0 Å². The molecule has 164 valence electrons. The topological polar surface area (TPSA) is 95.1 Å². The molecule has 1 aliphatic rings. The van der Waals surface area contributed by atoms with E-state index in [4.69, 9.17) is 14.7 Å². The van der Waals surface area contributed by atoms with E-state index in [9.17, 15) is 9.59 Å². The molecule has 1 saturated heterocycles. The lowest BCUT2D eigenvalue weighted by Crippen LogP contribution is -2.36. The quantitative estimate of drug-likeness (QED) is 0.476. The Hall–Kier alpha value is -3.59.